The lowest BCUT2D eigenvalue weighted by molar-refractivity contribution is 0.418. The van der Waals surface area contributed by atoms with E-state index in [9.17, 15) is 8.42 Å². The lowest BCUT2D eigenvalue weighted by atomic mass is 10.3. The summed E-state index contributed by atoms with van der Waals surface area (Å²) in [6, 6.07) is 4.76. The van der Waals surface area contributed by atoms with Crippen LogP contribution in [0.15, 0.2) is 27.6 Å². The van der Waals surface area contributed by atoms with E-state index in [-0.39, 0.29) is 4.90 Å². The number of anilines is 1. The Morgan fingerprint density at radius 1 is 1.33 bits per heavy atom. The monoisotopic (exact) mass is 334 g/mol. The average Bonchev–Trinajstić information content (AvgIpc) is 2.29. The van der Waals surface area contributed by atoms with Gasteiger partial charge in [0.1, 0.15) is 0 Å². The highest BCUT2D eigenvalue weighted by molar-refractivity contribution is 9.10. The molecule has 0 amide bonds. The van der Waals surface area contributed by atoms with Crippen molar-refractivity contribution >= 4 is 31.6 Å². The van der Waals surface area contributed by atoms with Gasteiger partial charge in [0.2, 0.25) is 10.0 Å². The molecule has 0 bridgehead atoms. The maximum atomic E-state index is 12.5. The number of rotatable bonds is 6. The van der Waals surface area contributed by atoms with E-state index in [1.165, 1.54) is 4.31 Å². The van der Waals surface area contributed by atoms with E-state index >= 15 is 0 Å². The van der Waals surface area contributed by atoms with Crippen LogP contribution >= 0.6 is 15.9 Å². The van der Waals surface area contributed by atoms with Crippen molar-refractivity contribution in [2.45, 2.75) is 31.6 Å². The van der Waals surface area contributed by atoms with E-state index in [0.717, 1.165) is 12.8 Å². The van der Waals surface area contributed by atoms with E-state index in [2.05, 4.69) is 15.9 Å². The predicted octanol–water partition coefficient (Wildman–Crippen LogP) is 2.84. The molecule has 1 rings (SSSR count). The highest BCUT2D eigenvalue weighted by Gasteiger charge is 2.24. The maximum absolute atomic E-state index is 12.5. The third-order valence-corrected chi connectivity index (χ3v) is 5.64. The summed E-state index contributed by atoms with van der Waals surface area (Å²) in [5, 5.41) is 0. The van der Waals surface area contributed by atoms with Crippen LogP contribution in [0.2, 0.25) is 0 Å². The molecule has 102 valence electrons. The molecule has 0 unspecified atom stereocenters. The Balaban J connectivity index is 3.10. The first-order chi connectivity index (χ1) is 8.43. The molecule has 1 aromatic rings. The summed E-state index contributed by atoms with van der Waals surface area (Å²) in [6.45, 7) is 4.91. The van der Waals surface area contributed by atoms with E-state index in [1.54, 1.807) is 18.2 Å². The molecular formula is C12H19BrN2O2S. The van der Waals surface area contributed by atoms with Crippen LogP contribution in [0.25, 0.3) is 0 Å². The minimum absolute atomic E-state index is 0.273. The standard InChI is InChI=1S/C12H19BrN2O2S/c1-3-5-8-15(4-2)18(16,17)12-7-6-10(14)9-11(12)13/h6-7,9H,3-5,8,14H2,1-2H3. The molecule has 0 atom stereocenters. The van der Waals surface area contributed by atoms with Gasteiger partial charge in [-0.15, -0.1) is 0 Å². The summed E-state index contributed by atoms with van der Waals surface area (Å²) in [4.78, 5) is 0.273. The molecule has 0 radical (unpaired) electrons. The summed E-state index contributed by atoms with van der Waals surface area (Å²) in [6.07, 6.45) is 1.83. The van der Waals surface area contributed by atoms with E-state index < -0.39 is 10.0 Å². The second kappa shape index (κ2) is 6.54. The Morgan fingerprint density at radius 2 is 2.00 bits per heavy atom. The van der Waals surface area contributed by atoms with E-state index in [4.69, 9.17) is 5.73 Å². The van der Waals surface area contributed by atoms with Gasteiger partial charge in [-0.05, 0) is 40.5 Å². The fourth-order valence-corrected chi connectivity index (χ4v) is 4.19. The van der Waals surface area contributed by atoms with Crippen molar-refractivity contribution in [3.8, 4) is 0 Å². The molecule has 0 saturated carbocycles. The van der Waals surface area contributed by atoms with Crippen LogP contribution in [0.4, 0.5) is 5.69 Å². The molecule has 0 fully saturated rings. The molecule has 18 heavy (non-hydrogen) atoms. The number of benzene rings is 1. The molecule has 0 aromatic heterocycles. The van der Waals surface area contributed by atoms with Gasteiger partial charge in [0.25, 0.3) is 0 Å². The Hall–Kier alpha value is -0.590. The number of unbranched alkanes of at least 4 members (excludes halogenated alkanes) is 1. The van der Waals surface area contributed by atoms with Gasteiger partial charge in [-0.3, -0.25) is 0 Å². The summed E-state index contributed by atoms with van der Waals surface area (Å²) in [5.74, 6) is 0. The first-order valence-electron chi connectivity index (χ1n) is 5.98. The normalized spacial score (nSPS) is 12.0. The van der Waals surface area contributed by atoms with E-state index in [1.807, 2.05) is 13.8 Å². The van der Waals surface area contributed by atoms with Crippen LogP contribution in [0.3, 0.4) is 0 Å². The SMILES string of the molecule is CCCCN(CC)S(=O)(=O)c1ccc(N)cc1Br. The third kappa shape index (κ3) is 3.46. The van der Waals surface area contributed by atoms with Crippen LogP contribution < -0.4 is 5.73 Å². The summed E-state index contributed by atoms with van der Waals surface area (Å²) < 4.78 is 26.9. The second-order valence-corrected chi connectivity index (χ2v) is 6.80. The van der Waals surface area contributed by atoms with Gasteiger partial charge in [-0.25, -0.2) is 8.42 Å². The van der Waals surface area contributed by atoms with Crippen LogP contribution in [-0.4, -0.2) is 25.8 Å². The Bertz CT molecular complexity index is 503. The summed E-state index contributed by atoms with van der Waals surface area (Å²) in [7, 11) is -3.44. The molecule has 4 nitrogen and oxygen atoms in total. The quantitative estimate of drug-likeness (QED) is 0.813. The molecule has 0 saturated heterocycles. The van der Waals surface area contributed by atoms with Crippen LogP contribution in [0.1, 0.15) is 26.7 Å². The van der Waals surface area contributed by atoms with Gasteiger partial charge in [0.05, 0.1) is 4.90 Å². The number of hydrogen-bond acceptors (Lipinski definition) is 3. The number of nitrogen functional groups attached to an aromatic ring is 1. The number of hydrogen-bond donors (Lipinski definition) is 1. The zero-order valence-electron chi connectivity index (χ0n) is 10.7. The molecule has 0 aliphatic rings. The highest BCUT2D eigenvalue weighted by atomic mass is 79.9. The topological polar surface area (TPSA) is 63.4 Å². The van der Waals surface area contributed by atoms with Crippen molar-refractivity contribution in [2.24, 2.45) is 0 Å². The zero-order valence-corrected chi connectivity index (χ0v) is 13.1. The molecule has 0 aliphatic heterocycles. The van der Waals surface area contributed by atoms with Crippen molar-refractivity contribution in [2.75, 3.05) is 18.8 Å². The van der Waals surface area contributed by atoms with Gasteiger partial charge in [-0.2, -0.15) is 4.31 Å². The Labute approximate surface area is 117 Å². The predicted molar refractivity (Wildman–Crippen MR) is 77.9 cm³/mol. The van der Waals surface area contributed by atoms with Gasteiger partial charge >= 0.3 is 0 Å². The van der Waals surface area contributed by atoms with Crippen LogP contribution in [-0.2, 0) is 10.0 Å². The first-order valence-corrected chi connectivity index (χ1v) is 8.22. The Morgan fingerprint density at radius 3 is 2.50 bits per heavy atom. The van der Waals surface area contributed by atoms with E-state index in [0.29, 0.717) is 23.2 Å². The van der Waals surface area contributed by atoms with Crippen molar-refractivity contribution in [1.82, 2.24) is 4.31 Å². The lowest BCUT2D eigenvalue weighted by Gasteiger charge is -2.21. The summed E-state index contributed by atoms with van der Waals surface area (Å²) in [5.41, 5.74) is 6.16. The molecule has 1 aromatic carbocycles. The lowest BCUT2D eigenvalue weighted by Crippen LogP contribution is -2.32. The number of nitrogens with zero attached hydrogens (tertiary/aromatic N) is 1. The number of nitrogens with two attached hydrogens (primary N) is 1. The van der Waals surface area contributed by atoms with Crippen molar-refractivity contribution in [3.05, 3.63) is 22.7 Å². The second-order valence-electron chi connectivity index (χ2n) is 4.04. The molecule has 0 spiro atoms. The van der Waals surface area contributed by atoms with Gasteiger partial charge in [0, 0.05) is 23.2 Å². The number of halogens is 1. The van der Waals surface area contributed by atoms with Crippen molar-refractivity contribution in [1.29, 1.82) is 0 Å². The summed E-state index contributed by atoms with van der Waals surface area (Å²) >= 11 is 3.26. The van der Waals surface area contributed by atoms with Crippen molar-refractivity contribution in [3.63, 3.8) is 0 Å². The van der Waals surface area contributed by atoms with Crippen molar-refractivity contribution < 1.29 is 8.42 Å². The van der Waals surface area contributed by atoms with Gasteiger partial charge < -0.3 is 5.73 Å². The molecule has 2 N–H and O–H groups in total. The molecule has 0 aliphatic carbocycles. The third-order valence-electron chi connectivity index (χ3n) is 2.69. The largest absolute Gasteiger partial charge is 0.399 e. The van der Waals surface area contributed by atoms with Gasteiger partial charge in [0.15, 0.2) is 0 Å². The zero-order chi connectivity index (χ0) is 13.8. The molecular weight excluding hydrogens is 316 g/mol. The first kappa shape index (κ1) is 15.5. The Kier molecular flexibility index (Phi) is 5.62. The number of sulfonamides is 1. The highest BCUT2D eigenvalue weighted by Crippen LogP contribution is 2.27. The van der Waals surface area contributed by atoms with Crippen LogP contribution in [0, 0.1) is 0 Å². The minimum Gasteiger partial charge on any atom is -0.399 e. The maximum Gasteiger partial charge on any atom is 0.244 e. The fourth-order valence-electron chi connectivity index (χ4n) is 1.65. The minimum atomic E-state index is -3.44. The van der Waals surface area contributed by atoms with Gasteiger partial charge in [-0.1, -0.05) is 20.3 Å². The average molecular weight is 335 g/mol. The molecule has 0 heterocycles. The molecule has 6 heteroatoms. The smallest absolute Gasteiger partial charge is 0.244 e. The van der Waals surface area contributed by atoms with Crippen LogP contribution in [0.5, 0.6) is 0 Å². The fraction of sp³-hybridized carbons (Fsp3) is 0.500.